The summed E-state index contributed by atoms with van der Waals surface area (Å²) < 4.78 is 11.3. The minimum atomic E-state index is -0.173. The van der Waals surface area contributed by atoms with Crippen LogP contribution in [0.1, 0.15) is 31.4 Å². The lowest BCUT2D eigenvalue weighted by atomic mass is 10.2. The molecule has 0 spiro atoms. The normalized spacial score (nSPS) is 10.7. The smallest absolute Gasteiger partial charge is 0.248 e. The number of carbonyl (C=O) groups excluding carboxylic acids is 1. The van der Waals surface area contributed by atoms with E-state index in [1.165, 1.54) is 6.08 Å². The molecule has 0 aromatic heterocycles. The van der Waals surface area contributed by atoms with Crippen molar-refractivity contribution in [2.24, 2.45) is 0 Å². The maximum absolute atomic E-state index is 12.0. The Balaban J connectivity index is 2.04. The van der Waals surface area contributed by atoms with E-state index < -0.39 is 0 Å². The topological polar surface area (TPSA) is 47.6 Å². The Hall–Kier alpha value is -2.75. The number of ether oxygens (including phenoxy) is 2. The number of amides is 1. The molecule has 4 nitrogen and oxygen atoms in total. The standard InChI is InChI=1S/C21H25NO3/c1-4-14-25-19-12-8-17(15-20(19)24-5-2)9-13-21(23)22-18-10-6-16(3)7-11-18/h6-13,15H,4-5,14H2,1-3H3,(H,22,23)/b13-9+. The molecule has 2 aromatic rings. The zero-order valence-corrected chi connectivity index (χ0v) is 15.0. The van der Waals surface area contributed by atoms with Gasteiger partial charge in [-0.1, -0.05) is 30.7 Å². The van der Waals surface area contributed by atoms with Crippen LogP contribution in [0.4, 0.5) is 5.69 Å². The third-order valence-corrected chi connectivity index (χ3v) is 3.48. The minimum Gasteiger partial charge on any atom is -0.490 e. The molecule has 0 saturated carbocycles. The van der Waals surface area contributed by atoms with Crippen LogP contribution in [0, 0.1) is 6.92 Å². The van der Waals surface area contributed by atoms with Crippen molar-refractivity contribution in [3.63, 3.8) is 0 Å². The third kappa shape index (κ3) is 5.99. The van der Waals surface area contributed by atoms with E-state index in [1.54, 1.807) is 6.08 Å². The van der Waals surface area contributed by atoms with Gasteiger partial charge in [0, 0.05) is 11.8 Å². The van der Waals surface area contributed by atoms with Crippen LogP contribution in [0.3, 0.4) is 0 Å². The third-order valence-electron chi connectivity index (χ3n) is 3.48. The summed E-state index contributed by atoms with van der Waals surface area (Å²) >= 11 is 0. The molecular formula is C21H25NO3. The van der Waals surface area contributed by atoms with Crippen LogP contribution in [0.5, 0.6) is 11.5 Å². The fraction of sp³-hybridized carbons (Fsp3) is 0.286. The molecule has 2 aromatic carbocycles. The first-order chi connectivity index (χ1) is 12.1. The van der Waals surface area contributed by atoms with E-state index in [2.05, 4.69) is 12.2 Å². The molecule has 4 heteroatoms. The first-order valence-electron chi connectivity index (χ1n) is 8.57. The van der Waals surface area contributed by atoms with Crippen molar-refractivity contribution in [2.75, 3.05) is 18.5 Å². The Morgan fingerprint density at radius 3 is 2.48 bits per heavy atom. The molecule has 0 aliphatic heterocycles. The molecule has 0 atom stereocenters. The van der Waals surface area contributed by atoms with Crippen LogP contribution in [0.25, 0.3) is 6.08 Å². The minimum absolute atomic E-state index is 0.173. The van der Waals surface area contributed by atoms with Gasteiger partial charge in [0.2, 0.25) is 5.91 Å². The van der Waals surface area contributed by atoms with Crippen molar-refractivity contribution in [3.05, 3.63) is 59.7 Å². The first kappa shape index (κ1) is 18.6. The lowest BCUT2D eigenvalue weighted by molar-refractivity contribution is -0.111. The summed E-state index contributed by atoms with van der Waals surface area (Å²) in [4.78, 5) is 12.0. The van der Waals surface area contributed by atoms with Gasteiger partial charge in [0.05, 0.1) is 13.2 Å². The van der Waals surface area contributed by atoms with Crippen molar-refractivity contribution in [2.45, 2.75) is 27.2 Å². The van der Waals surface area contributed by atoms with E-state index in [9.17, 15) is 4.79 Å². The second-order valence-corrected chi connectivity index (χ2v) is 5.68. The molecule has 0 saturated heterocycles. The molecule has 25 heavy (non-hydrogen) atoms. The fourth-order valence-corrected chi connectivity index (χ4v) is 2.22. The average molecular weight is 339 g/mol. The summed E-state index contributed by atoms with van der Waals surface area (Å²) in [7, 11) is 0. The van der Waals surface area contributed by atoms with Crippen LogP contribution in [-0.2, 0) is 4.79 Å². The predicted molar refractivity (Wildman–Crippen MR) is 102 cm³/mol. The van der Waals surface area contributed by atoms with E-state index in [1.807, 2.05) is 56.3 Å². The van der Waals surface area contributed by atoms with Gasteiger partial charge in [-0.3, -0.25) is 4.79 Å². The summed E-state index contributed by atoms with van der Waals surface area (Å²) in [5, 5.41) is 2.84. The molecule has 0 radical (unpaired) electrons. The highest BCUT2D eigenvalue weighted by Crippen LogP contribution is 2.29. The number of hydrogen-bond donors (Lipinski definition) is 1. The summed E-state index contributed by atoms with van der Waals surface area (Å²) in [5.41, 5.74) is 2.81. The van der Waals surface area contributed by atoms with Crippen LogP contribution in [0.2, 0.25) is 0 Å². The highest BCUT2D eigenvalue weighted by molar-refractivity contribution is 6.01. The van der Waals surface area contributed by atoms with Gasteiger partial charge in [-0.05, 0) is 56.2 Å². The quantitative estimate of drug-likeness (QED) is 0.700. The van der Waals surface area contributed by atoms with Crippen molar-refractivity contribution >= 4 is 17.7 Å². The molecule has 1 amide bonds. The maximum atomic E-state index is 12.0. The number of carbonyl (C=O) groups is 1. The predicted octanol–water partition coefficient (Wildman–Crippen LogP) is 4.83. The van der Waals surface area contributed by atoms with Crippen LogP contribution < -0.4 is 14.8 Å². The van der Waals surface area contributed by atoms with Crippen LogP contribution in [-0.4, -0.2) is 19.1 Å². The molecule has 0 bridgehead atoms. The first-order valence-corrected chi connectivity index (χ1v) is 8.57. The maximum Gasteiger partial charge on any atom is 0.248 e. The fourth-order valence-electron chi connectivity index (χ4n) is 2.22. The monoisotopic (exact) mass is 339 g/mol. The second kappa shape index (κ2) is 9.52. The SMILES string of the molecule is CCCOc1ccc(/C=C/C(=O)Nc2ccc(C)cc2)cc1OCC. The molecule has 0 fully saturated rings. The van der Waals surface area contributed by atoms with Gasteiger partial charge < -0.3 is 14.8 Å². The lowest BCUT2D eigenvalue weighted by Gasteiger charge is -2.12. The van der Waals surface area contributed by atoms with Crippen molar-refractivity contribution in [3.8, 4) is 11.5 Å². The zero-order valence-electron chi connectivity index (χ0n) is 15.0. The Bertz CT molecular complexity index is 720. The van der Waals surface area contributed by atoms with E-state index in [0.717, 1.165) is 29.0 Å². The summed E-state index contributed by atoms with van der Waals surface area (Å²) in [6, 6.07) is 13.3. The molecule has 0 aliphatic carbocycles. The average Bonchev–Trinajstić information content (AvgIpc) is 2.61. The molecular weight excluding hydrogens is 314 g/mol. The summed E-state index contributed by atoms with van der Waals surface area (Å²) in [5.74, 6) is 1.25. The Morgan fingerprint density at radius 2 is 1.80 bits per heavy atom. The van der Waals surface area contributed by atoms with Gasteiger partial charge in [-0.25, -0.2) is 0 Å². The molecule has 0 unspecified atom stereocenters. The van der Waals surface area contributed by atoms with E-state index in [0.29, 0.717) is 19.0 Å². The Kier molecular flexibility index (Phi) is 7.08. The van der Waals surface area contributed by atoms with E-state index in [4.69, 9.17) is 9.47 Å². The van der Waals surface area contributed by atoms with Gasteiger partial charge in [0.25, 0.3) is 0 Å². The number of rotatable bonds is 8. The molecule has 2 rings (SSSR count). The second-order valence-electron chi connectivity index (χ2n) is 5.68. The Morgan fingerprint density at radius 1 is 1.04 bits per heavy atom. The molecule has 0 aliphatic rings. The number of benzene rings is 2. The summed E-state index contributed by atoms with van der Waals surface area (Å²) in [6.45, 7) is 7.21. The van der Waals surface area contributed by atoms with Crippen molar-refractivity contribution in [1.29, 1.82) is 0 Å². The zero-order chi connectivity index (χ0) is 18.1. The largest absolute Gasteiger partial charge is 0.490 e. The Labute approximate surface area is 149 Å². The molecule has 132 valence electrons. The van der Waals surface area contributed by atoms with Gasteiger partial charge >= 0.3 is 0 Å². The lowest BCUT2D eigenvalue weighted by Crippen LogP contribution is -2.07. The van der Waals surface area contributed by atoms with Gasteiger partial charge in [-0.2, -0.15) is 0 Å². The van der Waals surface area contributed by atoms with E-state index >= 15 is 0 Å². The number of hydrogen-bond acceptors (Lipinski definition) is 3. The van der Waals surface area contributed by atoms with Crippen molar-refractivity contribution in [1.82, 2.24) is 0 Å². The van der Waals surface area contributed by atoms with Crippen LogP contribution in [0.15, 0.2) is 48.5 Å². The highest BCUT2D eigenvalue weighted by Gasteiger charge is 2.05. The van der Waals surface area contributed by atoms with E-state index in [-0.39, 0.29) is 5.91 Å². The van der Waals surface area contributed by atoms with Gasteiger partial charge in [0.15, 0.2) is 11.5 Å². The van der Waals surface area contributed by atoms with Crippen LogP contribution >= 0.6 is 0 Å². The number of anilines is 1. The highest BCUT2D eigenvalue weighted by atomic mass is 16.5. The molecule has 0 heterocycles. The summed E-state index contributed by atoms with van der Waals surface area (Å²) in [6.07, 6.45) is 4.21. The number of aryl methyl sites for hydroxylation is 1. The van der Waals surface area contributed by atoms with Gasteiger partial charge in [0.1, 0.15) is 0 Å². The number of nitrogens with one attached hydrogen (secondary N) is 1. The van der Waals surface area contributed by atoms with Gasteiger partial charge in [-0.15, -0.1) is 0 Å². The van der Waals surface area contributed by atoms with Crippen molar-refractivity contribution < 1.29 is 14.3 Å². The molecule has 1 N–H and O–H groups in total.